The number of hydrogen-bond donors (Lipinski definition) is 0. The molecule has 0 spiro atoms. The molecule has 1 aromatic carbocycles. The second kappa shape index (κ2) is 7.94. The van der Waals surface area contributed by atoms with Crippen molar-refractivity contribution in [2.45, 2.75) is 31.6 Å². The van der Waals surface area contributed by atoms with Crippen LogP contribution in [-0.2, 0) is 10.0 Å². The van der Waals surface area contributed by atoms with Crippen molar-refractivity contribution >= 4 is 27.5 Å². The van der Waals surface area contributed by atoms with Crippen LogP contribution in [0.1, 0.15) is 37.0 Å². The van der Waals surface area contributed by atoms with Crippen LogP contribution in [0.5, 0.6) is 0 Å². The molecule has 124 valence electrons. The fourth-order valence-corrected chi connectivity index (χ4v) is 3.19. The fraction of sp³-hybridized carbons (Fsp3) is 0.533. The Morgan fingerprint density at radius 2 is 1.68 bits per heavy atom. The van der Waals surface area contributed by atoms with Crippen LogP contribution in [0, 0.1) is 0 Å². The van der Waals surface area contributed by atoms with E-state index < -0.39 is 10.0 Å². The Balaban J connectivity index is 3.27. The number of halogens is 1. The number of hydrogen-bond acceptors (Lipinski definition) is 3. The maximum atomic E-state index is 12.6. The predicted octanol–water partition coefficient (Wildman–Crippen LogP) is 2.85. The van der Waals surface area contributed by atoms with Crippen LogP contribution in [0.15, 0.2) is 23.1 Å². The van der Waals surface area contributed by atoms with Crippen molar-refractivity contribution < 1.29 is 13.2 Å². The molecule has 7 heteroatoms. The molecule has 0 bridgehead atoms. The van der Waals surface area contributed by atoms with Crippen molar-refractivity contribution in [3.63, 3.8) is 0 Å². The number of sulfonamides is 1. The molecule has 0 saturated carbocycles. The number of nitrogens with zero attached hydrogens (tertiary/aromatic N) is 2. The lowest BCUT2D eigenvalue weighted by Crippen LogP contribution is -2.33. The highest BCUT2D eigenvalue weighted by atomic mass is 35.5. The summed E-state index contributed by atoms with van der Waals surface area (Å²) >= 11 is 6.11. The normalized spacial score (nSPS) is 11.7. The summed E-state index contributed by atoms with van der Waals surface area (Å²) in [6.07, 6.45) is 1.66. The third kappa shape index (κ3) is 4.21. The first kappa shape index (κ1) is 18.9. The summed E-state index contributed by atoms with van der Waals surface area (Å²) in [6, 6.07) is 4.23. The molecule has 0 aliphatic rings. The second-order valence-electron chi connectivity index (χ2n) is 5.22. The third-order valence-electron chi connectivity index (χ3n) is 3.22. The van der Waals surface area contributed by atoms with Gasteiger partial charge in [-0.2, -0.15) is 0 Å². The average molecular weight is 347 g/mol. The molecule has 22 heavy (non-hydrogen) atoms. The van der Waals surface area contributed by atoms with Crippen molar-refractivity contribution in [1.29, 1.82) is 0 Å². The SMILES string of the molecule is CCCN(CCC)C(=O)c1cc(S(=O)(=O)N(C)C)ccc1Cl. The molecular weight excluding hydrogens is 324 g/mol. The monoisotopic (exact) mass is 346 g/mol. The number of rotatable bonds is 7. The third-order valence-corrected chi connectivity index (χ3v) is 5.36. The molecule has 1 aromatic rings. The van der Waals surface area contributed by atoms with E-state index in [1.165, 1.54) is 32.3 Å². The molecule has 1 amide bonds. The lowest BCUT2D eigenvalue weighted by atomic mass is 10.2. The maximum Gasteiger partial charge on any atom is 0.255 e. The highest BCUT2D eigenvalue weighted by molar-refractivity contribution is 7.89. The van der Waals surface area contributed by atoms with Crippen LogP contribution in [0.25, 0.3) is 0 Å². The standard InChI is InChI=1S/C15H23ClN2O3S/c1-5-9-18(10-6-2)15(19)13-11-12(7-8-14(13)16)22(20,21)17(3)4/h7-8,11H,5-6,9-10H2,1-4H3. The van der Waals surface area contributed by atoms with Gasteiger partial charge in [-0.15, -0.1) is 0 Å². The van der Waals surface area contributed by atoms with Gasteiger partial charge in [0.2, 0.25) is 10.0 Å². The van der Waals surface area contributed by atoms with Gasteiger partial charge < -0.3 is 4.90 Å². The van der Waals surface area contributed by atoms with Crippen molar-refractivity contribution in [3.8, 4) is 0 Å². The fourth-order valence-electron chi connectivity index (χ4n) is 2.06. The molecule has 1 rings (SSSR count). The van der Waals surface area contributed by atoms with E-state index in [4.69, 9.17) is 11.6 Å². The topological polar surface area (TPSA) is 57.7 Å². The van der Waals surface area contributed by atoms with E-state index in [1.54, 1.807) is 4.90 Å². The minimum atomic E-state index is -3.60. The van der Waals surface area contributed by atoms with Gasteiger partial charge in [-0.05, 0) is 31.0 Å². The van der Waals surface area contributed by atoms with Crippen LogP contribution >= 0.6 is 11.6 Å². The van der Waals surface area contributed by atoms with E-state index in [2.05, 4.69) is 0 Å². The Kier molecular flexibility index (Phi) is 6.84. The van der Waals surface area contributed by atoms with Gasteiger partial charge in [0, 0.05) is 27.2 Å². The summed E-state index contributed by atoms with van der Waals surface area (Å²) in [4.78, 5) is 14.4. The summed E-state index contributed by atoms with van der Waals surface area (Å²) in [6.45, 7) is 5.22. The van der Waals surface area contributed by atoms with Crippen LogP contribution in [0.4, 0.5) is 0 Å². The smallest absolute Gasteiger partial charge is 0.255 e. The Hall–Kier alpha value is -1.11. The van der Waals surface area contributed by atoms with E-state index in [-0.39, 0.29) is 21.4 Å². The van der Waals surface area contributed by atoms with Gasteiger partial charge in [0.05, 0.1) is 15.5 Å². The molecule has 0 saturated heterocycles. The molecule has 0 aliphatic carbocycles. The summed E-state index contributed by atoms with van der Waals surface area (Å²) in [5.74, 6) is -0.232. The first-order valence-corrected chi connectivity index (χ1v) is 9.08. The van der Waals surface area contributed by atoms with Gasteiger partial charge in [0.1, 0.15) is 0 Å². The average Bonchev–Trinajstić information content (AvgIpc) is 2.46. The molecule has 0 fully saturated rings. The molecule has 5 nitrogen and oxygen atoms in total. The molecule has 0 heterocycles. The number of carbonyl (C=O) groups is 1. The summed E-state index contributed by atoms with van der Waals surface area (Å²) in [7, 11) is -0.695. The van der Waals surface area contributed by atoms with Gasteiger partial charge in [-0.25, -0.2) is 12.7 Å². The molecular formula is C15H23ClN2O3S. The van der Waals surface area contributed by atoms with E-state index in [0.717, 1.165) is 17.1 Å². The minimum absolute atomic E-state index is 0.0678. The first-order chi connectivity index (χ1) is 10.3. The number of carbonyl (C=O) groups excluding carboxylic acids is 1. The van der Waals surface area contributed by atoms with Crippen LogP contribution in [0.2, 0.25) is 5.02 Å². The molecule has 0 aromatic heterocycles. The number of amides is 1. The Bertz CT molecular complexity index is 624. The second-order valence-corrected chi connectivity index (χ2v) is 7.78. The Labute approximate surface area is 137 Å². The van der Waals surface area contributed by atoms with Gasteiger partial charge in [-0.1, -0.05) is 25.4 Å². The molecule has 0 unspecified atom stereocenters. The Morgan fingerprint density at radius 3 is 2.14 bits per heavy atom. The first-order valence-electron chi connectivity index (χ1n) is 7.27. The maximum absolute atomic E-state index is 12.6. The highest BCUT2D eigenvalue weighted by Crippen LogP contribution is 2.23. The van der Waals surface area contributed by atoms with E-state index in [0.29, 0.717) is 13.1 Å². The largest absolute Gasteiger partial charge is 0.339 e. The lowest BCUT2D eigenvalue weighted by Gasteiger charge is -2.22. The van der Waals surface area contributed by atoms with Gasteiger partial charge in [-0.3, -0.25) is 4.79 Å². The van der Waals surface area contributed by atoms with Crippen LogP contribution < -0.4 is 0 Å². The van der Waals surface area contributed by atoms with Crippen molar-refractivity contribution in [3.05, 3.63) is 28.8 Å². The lowest BCUT2D eigenvalue weighted by molar-refractivity contribution is 0.0755. The van der Waals surface area contributed by atoms with Crippen molar-refractivity contribution in [1.82, 2.24) is 9.21 Å². The zero-order chi connectivity index (χ0) is 16.9. The molecule has 0 atom stereocenters. The summed E-state index contributed by atoms with van der Waals surface area (Å²) in [5, 5.41) is 0.264. The number of benzene rings is 1. The molecule has 0 aliphatic heterocycles. The summed E-state index contributed by atoms with van der Waals surface area (Å²) < 4.78 is 25.5. The Morgan fingerprint density at radius 1 is 1.14 bits per heavy atom. The molecule has 0 N–H and O–H groups in total. The van der Waals surface area contributed by atoms with E-state index >= 15 is 0 Å². The van der Waals surface area contributed by atoms with Crippen molar-refractivity contribution in [2.24, 2.45) is 0 Å². The summed E-state index contributed by atoms with van der Waals surface area (Å²) in [5.41, 5.74) is 0.228. The van der Waals surface area contributed by atoms with E-state index in [1.807, 2.05) is 13.8 Å². The van der Waals surface area contributed by atoms with Gasteiger partial charge in [0.25, 0.3) is 5.91 Å². The van der Waals surface area contributed by atoms with Crippen LogP contribution in [0.3, 0.4) is 0 Å². The zero-order valence-electron chi connectivity index (χ0n) is 13.5. The van der Waals surface area contributed by atoms with Crippen LogP contribution in [-0.4, -0.2) is 50.7 Å². The molecule has 0 radical (unpaired) electrons. The van der Waals surface area contributed by atoms with E-state index in [9.17, 15) is 13.2 Å². The van der Waals surface area contributed by atoms with Crippen molar-refractivity contribution in [2.75, 3.05) is 27.2 Å². The quantitative estimate of drug-likeness (QED) is 0.762. The van der Waals surface area contributed by atoms with Gasteiger partial charge in [0.15, 0.2) is 0 Å². The zero-order valence-corrected chi connectivity index (χ0v) is 15.0. The van der Waals surface area contributed by atoms with Gasteiger partial charge >= 0.3 is 0 Å². The highest BCUT2D eigenvalue weighted by Gasteiger charge is 2.23. The minimum Gasteiger partial charge on any atom is -0.339 e. The predicted molar refractivity (Wildman–Crippen MR) is 88.8 cm³/mol.